The highest BCUT2D eigenvalue weighted by molar-refractivity contribution is 5.90. The number of rotatable bonds is 2. The average Bonchev–Trinajstić information content (AvgIpc) is 2.67. The summed E-state index contributed by atoms with van der Waals surface area (Å²) in [4.78, 5) is 25.6. The van der Waals surface area contributed by atoms with Crippen LogP contribution in [-0.4, -0.2) is 42.3 Å². The van der Waals surface area contributed by atoms with Gasteiger partial charge < -0.3 is 19.1 Å². The molecule has 0 aliphatic carbocycles. The number of ether oxygens (including phenoxy) is 3. The molecule has 2 rings (SSSR count). The summed E-state index contributed by atoms with van der Waals surface area (Å²) < 4.78 is 16.1. The van der Waals surface area contributed by atoms with Gasteiger partial charge in [0.25, 0.3) is 0 Å². The third kappa shape index (κ3) is 4.61. The Hall–Kier alpha value is -2.24. The second kappa shape index (κ2) is 6.89. The van der Waals surface area contributed by atoms with Gasteiger partial charge in [0.05, 0.1) is 25.3 Å². The Labute approximate surface area is 136 Å². The number of nitrogens with zero attached hydrogens (tertiary/aromatic N) is 1. The Balaban J connectivity index is 2.15. The van der Waals surface area contributed by atoms with Crippen molar-refractivity contribution in [2.45, 2.75) is 39.8 Å². The van der Waals surface area contributed by atoms with Crippen molar-refractivity contribution in [3.05, 3.63) is 29.3 Å². The van der Waals surface area contributed by atoms with Crippen LogP contribution in [0.2, 0.25) is 0 Å². The molecule has 0 N–H and O–H groups in total. The van der Waals surface area contributed by atoms with Crippen LogP contribution >= 0.6 is 0 Å². The number of esters is 1. The van der Waals surface area contributed by atoms with Crippen LogP contribution in [-0.2, 0) is 16.0 Å². The molecule has 1 amide bonds. The largest absolute Gasteiger partial charge is 0.491 e. The molecule has 6 heteroatoms. The quantitative estimate of drug-likeness (QED) is 0.784. The SMILES string of the molecule is CCOC(=O)c1ccc2c(c1)OCCN(C(=O)OC(C)(C)C)C2. The number of carbonyl (C=O) groups is 2. The van der Waals surface area contributed by atoms with E-state index in [2.05, 4.69) is 0 Å². The Morgan fingerprint density at radius 1 is 1.30 bits per heavy atom. The Morgan fingerprint density at radius 2 is 2.04 bits per heavy atom. The van der Waals surface area contributed by atoms with E-state index in [1.807, 2.05) is 20.8 Å². The van der Waals surface area contributed by atoms with Crippen molar-refractivity contribution in [1.82, 2.24) is 4.90 Å². The van der Waals surface area contributed by atoms with Crippen LogP contribution in [0.1, 0.15) is 43.6 Å². The van der Waals surface area contributed by atoms with Crippen LogP contribution in [0.5, 0.6) is 5.75 Å². The van der Waals surface area contributed by atoms with E-state index in [1.165, 1.54) is 0 Å². The summed E-state index contributed by atoms with van der Waals surface area (Å²) in [6, 6.07) is 5.12. The predicted molar refractivity (Wildman–Crippen MR) is 84.5 cm³/mol. The minimum atomic E-state index is -0.541. The maximum absolute atomic E-state index is 12.2. The van der Waals surface area contributed by atoms with Crippen LogP contribution in [0, 0.1) is 0 Å². The molecular formula is C17H23NO5. The fraction of sp³-hybridized carbons (Fsp3) is 0.529. The maximum atomic E-state index is 12.2. The van der Waals surface area contributed by atoms with E-state index in [1.54, 1.807) is 30.0 Å². The van der Waals surface area contributed by atoms with Crippen molar-refractivity contribution in [3.63, 3.8) is 0 Å². The van der Waals surface area contributed by atoms with Gasteiger partial charge in [0.2, 0.25) is 0 Å². The van der Waals surface area contributed by atoms with E-state index in [-0.39, 0.29) is 12.1 Å². The highest BCUT2D eigenvalue weighted by Crippen LogP contribution is 2.26. The fourth-order valence-corrected chi connectivity index (χ4v) is 2.19. The van der Waals surface area contributed by atoms with Crippen molar-refractivity contribution in [3.8, 4) is 5.75 Å². The molecule has 1 aliphatic rings. The molecule has 0 atom stereocenters. The van der Waals surface area contributed by atoms with Crippen LogP contribution < -0.4 is 4.74 Å². The molecule has 0 saturated carbocycles. The Kier molecular flexibility index (Phi) is 5.13. The van der Waals surface area contributed by atoms with E-state index in [0.29, 0.717) is 37.6 Å². The van der Waals surface area contributed by atoms with Crippen molar-refractivity contribution in [1.29, 1.82) is 0 Å². The first-order valence-electron chi connectivity index (χ1n) is 7.71. The number of benzene rings is 1. The molecule has 0 bridgehead atoms. The van der Waals surface area contributed by atoms with E-state index in [0.717, 1.165) is 5.56 Å². The van der Waals surface area contributed by atoms with Crippen molar-refractivity contribution < 1.29 is 23.8 Å². The monoisotopic (exact) mass is 321 g/mol. The lowest BCUT2D eigenvalue weighted by Gasteiger charge is -2.26. The van der Waals surface area contributed by atoms with Crippen molar-refractivity contribution in [2.24, 2.45) is 0 Å². The molecule has 0 fully saturated rings. The summed E-state index contributed by atoms with van der Waals surface area (Å²) in [6.45, 7) is 8.74. The van der Waals surface area contributed by atoms with Gasteiger partial charge in [-0.15, -0.1) is 0 Å². The van der Waals surface area contributed by atoms with Crippen LogP contribution in [0.4, 0.5) is 4.79 Å². The molecule has 126 valence electrons. The zero-order valence-corrected chi connectivity index (χ0v) is 14.0. The molecule has 1 aromatic rings. The first-order chi connectivity index (χ1) is 10.8. The second-order valence-corrected chi connectivity index (χ2v) is 6.29. The van der Waals surface area contributed by atoms with Gasteiger partial charge in [0.15, 0.2) is 0 Å². The number of hydrogen-bond acceptors (Lipinski definition) is 5. The molecular weight excluding hydrogens is 298 g/mol. The standard InChI is InChI=1S/C17H23NO5/c1-5-21-15(19)12-6-7-13-11-18(8-9-22-14(13)10-12)16(20)23-17(2,3)4/h6-7,10H,5,8-9,11H2,1-4H3. The highest BCUT2D eigenvalue weighted by Gasteiger charge is 2.25. The summed E-state index contributed by atoms with van der Waals surface area (Å²) in [7, 11) is 0. The van der Waals surface area contributed by atoms with Gasteiger partial charge >= 0.3 is 12.1 Å². The maximum Gasteiger partial charge on any atom is 0.410 e. The number of amides is 1. The van der Waals surface area contributed by atoms with E-state index >= 15 is 0 Å². The second-order valence-electron chi connectivity index (χ2n) is 6.29. The molecule has 0 spiro atoms. The molecule has 23 heavy (non-hydrogen) atoms. The third-order valence-electron chi connectivity index (χ3n) is 3.21. The molecule has 1 heterocycles. The molecule has 0 aromatic heterocycles. The van der Waals surface area contributed by atoms with Gasteiger partial charge in [0.1, 0.15) is 18.0 Å². The topological polar surface area (TPSA) is 65.1 Å². The van der Waals surface area contributed by atoms with Crippen LogP contribution in [0.25, 0.3) is 0 Å². The van der Waals surface area contributed by atoms with Crippen molar-refractivity contribution in [2.75, 3.05) is 19.8 Å². The van der Waals surface area contributed by atoms with Crippen LogP contribution in [0.3, 0.4) is 0 Å². The Bertz CT molecular complexity index is 591. The fourth-order valence-electron chi connectivity index (χ4n) is 2.19. The smallest absolute Gasteiger partial charge is 0.410 e. The summed E-state index contributed by atoms with van der Waals surface area (Å²) in [5, 5.41) is 0. The molecule has 0 saturated heterocycles. The van der Waals surface area contributed by atoms with E-state index in [9.17, 15) is 9.59 Å². The molecule has 1 aromatic carbocycles. The summed E-state index contributed by atoms with van der Waals surface area (Å²) in [5.74, 6) is 0.216. The zero-order chi connectivity index (χ0) is 17.0. The third-order valence-corrected chi connectivity index (χ3v) is 3.21. The number of fused-ring (bicyclic) bond motifs is 1. The first-order valence-corrected chi connectivity index (χ1v) is 7.71. The summed E-state index contributed by atoms with van der Waals surface area (Å²) in [5.41, 5.74) is 0.735. The predicted octanol–water partition coefficient (Wildman–Crippen LogP) is 2.99. The van der Waals surface area contributed by atoms with Gasteiger partial charge in [-0.05, 0) is 39.8 Å². The van der Waals surface area contributed by atoms with Crippen molar-refractivity contribution >= 4 is 12.1 Å². The average molecular weight is 321 g/mol. The molecule has 0 radical (unpaired) electrons. The van der Waals surface area contributed by atoms with E-state index < -0.39 is 5.60 Å². The van der Waals surface area contributed by atoms with Gasteiger partial charge in [-0.25, -0.2) is 9.59 Å². The molecule has 1 aliphatic heterocycles. The summed E-state index contributed by atoms with van der Waals surface area (Å²) in [6.07, 6.45) is -0.372. The number of carbonyl (C=O) groups excluding carboxylic acids is 2. The number of hydrogen-bond donors (Lipinski definition) is 0. The van der Waals surface area contributed by atoms with Gasteiger partial charge in [-0.1, -0.05) is 6.07 Å². The lowest BCUT2D eigenvalue weighted by atomic mass is 10.1. The minimum absolute atomic E-state index is 0.323. The van der Waals surface area contributed by atoms with E-state index in [4.69, 9.17) is 14.2 Å². The minimum Gasteiger partial charge on any atom is -0.491 e. The van der Waals surface area contributed by atoms with Crippen LogP contribution in [0.15, 0.2) is 18.2 Å². The zero-order valence-electron chi connectivity index (χ0n) is 14.0. The van der Waals surface area contributed by atoms with Gasteiger partial charge in [-0.3, -0.25) is 0 Å². The van der Waals surface area contributed by atoms with Gasteiger partial charge in [-0.2, -0.15) is 0 Å². The van der Waals surface area contributed by atoms with Gasteiger partial charge in [0, 0.05) is 5.56 Å². The molecule has 0 unspecified atom stereocenters. The highest BCUT2D eigenvalue weighted by atomic mass is 16.6. The Morgan fingerprint density at radius 3 is 2.70 bits per heavy atom. The normalized spacial score (nSPS) is 14.3. The lowest BCUT2D eigenvalue weighted by Crippen LogP contribution is -2.37. The lowest BCUT2D eigenvalue weighted by molar-refractivity contribution is 0.0225. The summed E-state index contributed by atoms with van der Waals surface area (Å²) >= 11 is 0. The first kappa shape index (κ1) is 17.1. The molecule has 6 nitrogen and oxygen atoms in total.